The Morgan fingerprint density at radius 2 is 0.955 bits per heavy atom. The molecular weight excluding hydrogens is 807 g/mol. The van der Waals surface area contributed by atoms with Crippen LogP contribution >= 0.6 is 0 Å². The molecule has 2 spiro atoms. The Morgan fingerprint density at radius 1 is 0.373 bits per heavy atom. The fraction of sp³-hybridized carbons (Fsp3) is 0.152. The fourth-order valence-corrected chi connectivity index (χ4v) is 15.3. The van der Waals surface area contributed by atoms with E-state index in [1.807, 2.05) is 0 Å². The predicted octanol–water partition coefficient (Wildman–Crippen LogP) is 17.5. The lowest BCUT2D eigenvalue weighted by molar-refractivity contribution is -0.231. The summed E-state index contributed by atoms with van der Waals surface area (Å²) in [5.41, 5.74) is 20.3. The monoisotopic (exact) mass is 855 g/mol. The second-order valence-electron chi connectivity index (χ2n) is 20.4. The smallest absolute Gasteiger partial charge is 0.0540 e. The summed E-state index contributed by atoms with van der Waals surface area (Å²) in [5.74, 6) is 3.36. The van der Waals surface area contributed by atoms with Crippen molar-refractivity contribution >= 4 is 38.6 Å². The van der Waals surface area contributed by atoms with Crippen molar-refractivity contribution in [2.75, 3.05) is 4.90 Å². The second-order valence-corrected chi connectivity index (χ2v) is 20.4. The first-order chi connectivity index (χ1) is 33.2. The van der Waals surface area contributed by atoms with Crippen LogP contribution in [0.5, 0.6) is 0 Å². The molecule has 4 fully saturated rings. The van der Waals surface area contributed by atoms with Gasteiger partial charge in [0.2, 0.25) is 0 Å². The van der Waals surface area contributed by atoms with Crippen molar-refractivity contribution in [1.29, 1.82) is 0 Å². The highest BCUT2D eigenvalue weighted by Gasteiger charge is 2.84. The summed E-state index contributed by atoms with van der Waals surface area (Å²) in [6, 6.07) is 84.5. The van der Waals surface area contributed by atoms with E-state index in [9.17, 15) is 0 Å². The van der Waals surface area contributed by atoms with Crippen LogP contribution in [0, 0.1) is 29.1 Å². The lowest BCUT2D eigenvalue weighted by Crippen LogP contribution is -2.73. The van der Waals surface area contributed by atoms with Gasteiger partial charge >= 0.3 is 0 Å². The summed E-state index contributed by atoms with van der Waals surface area (Å²) in [6.07, 6.45) is 5.74. The molecular formula is C66H49N. The Hall–Kier alpha value is -7.48. The van der Waals surface area contributed by atoms with Gasteiger partial charge < -0.3 is 4.90 Å². The highest BCUT2D eigenvalue weighted by molar-refractivity contribution is 6.09. The van der Waals surface area contributed by atoms with Gasteiger partial charge in [0.05, 0.1) is 5.69 Å². The predicted molar refractivity (Wildman–Crippen MR) is 279 cm³/mol. The van der Waals surface area contributed by atoms with Gasteiger partial charge in [0.15, 0.2) is 0 Å². The van der Waals surface area contributed by atoms with Crippen LogP contribution in [0.3, 0.4) is 0 Å². The van der Waals surface area contributed by atoms with E-state index in [2.05, 4.69) is 229 Å². The molecule has 0 heterocycles. The third-order valence-corrected chi connectivity index (χ3v) is 17.7. The zero-order chi connectivity index (χ0) is 43.8. The molecule has 0 aliphatic heterocycles. The van der Waals surface area contributed by atoms with E-state index < -0.39 is 0 Å². The summed E-state index contributed by atoms with van der Waals surface area (Å²) in [7, 11) is 0. The van der Waals surface area contributed by atoms with Crippen LogP contribution in [-0.4, -0.2) is 0 Å². The quantitative estimate of drug-likeness (QED) is 0.154. The number of fused-ring (bicyclic) bond motifs is 10. The molecule has 4 saturated carbocycles. The molecule has 1 heteroatoms. The Kier molecular flexibility index (Phi) is 7.89. The highest BCUT2D eigenvalue weighted by Crippen LogP contribution is 2.89. The van der Waals surface area contributed by atoms with Gasteiger partial charge in [-0.15, -0.1) is 0 Å². The molecule has 0 aromatic heterocycles. The minimum Gasteiger partial charge on any atom is -0.310 e. The van der Waals surface area contributed by atoms with Gasteiger partial charge in [-0.25, -0.2) is 0 Å². The summed E-state index contributed by atoms with van der Waals surface area (Å²) in [4.78, 5) is 2.57. The summed E-state index contributed by atoms with van der Waals surface area (Å²) >= 11 is 0. The molecule has 5 aliphatic carbocycles. The zero-order valence-corrected chi connectivity index (χ0v) is 37.4. The number of anilines is 3. The van der Waals surface area contributed by atoms with Gasteiger partial charge in [-0.2, -0.15) is 0 Å². The molecule has 6 atom stereocenters. The minimum atomic E-state index is 0.112. The molecule has 2 bridgehead atoms. The molecule has 15 rings (SSSR count). The van der Waals surface area contributed by atoms with E-state index in [0.717, 1.165) is 29.4 Å². The van der Waals surface area contributed by atoms with Crippen molar-refractivity contribution in [3.63, 3.8) is 0 Å². The van der Waals surface area contributed by atoms with Crippen molar-refractivity contribution in [2.24, 2.45) is 29.1 Å². The van der Waals surface area contributed by atoms with Crippen molar-refractivity contribution in [2.45, 2.75) is 31.1 Å². The molecule has 0 amide bonds. The maximum atomic E-state index is 2.65. The SMILES string of the molecule is c1ccc(-c2cccc3cccc(-c4ccccc4N(c4ccc(-c5ccc(-c6cccc7ccccc67)cc5)cc4)c4ccc5c(c4)C4(c6ccccc6-5)C5CC6CC7CC4C75C6)c23)cc1. The molecule has 1 nitrogen and oxygen atoms in total. The molecule has 6 unspecified atom stereocenters. The maximum Gasteiger partial charge on any atom is 0.0540 e. The van der Waals surface area contributed by atoms with Crippen LogP contribution in [0.15, 0.2) is 224 Å². The Bertz CT molecular complexity index is 3610. The Labute approximate surface area is 393 Å². The van der Waals surface area contributed by atoms with Crippen molar-refractivity contribution in [1.82, 2.24) is 0 Å². The fourth-order valence-electron chi connectivity index (χ4n) is 15.3. The molecule has 5 aliphatic rings. The molecule has 0 N–H and O–H groups in total. The van der Waals surface area contributed by atoms with E-state index in [4.69, 9.17) is 0 Å². The maximum absolute atomic E-state index is 2.65. The first kappa shape index (κ1) is 37.7. The van der Waals surface area contributed by atoms with Gasteiger partial charge in [0.1, 0.15) is 0 Å². The van der Waals surface area contributed by atoms with Crippen LogP contribution in [0.4, 0.5) is 17.1 Å². The van der Waals surface area contributed by atoms with Gasteiger partial charge in [-0.1, -0.05) is 194 Å². The van der Waals surface area contributed by atoms with E-state index >= 15 is 0 Å². The molecule has 67 heavy (non-hydrogen) atoms. The normalized spacial score (nSPS) is 23.4. The Morgan fingerprint density at radius 3 is 1.78 bits per heavy atom. The van der Waals surface area contributed by atoms with Crippen LogP contribution in [0.1, 0.15) is 36.8 Å². The summed E-state index contributed by atoms with van der Waals surface area (Å²) < 4.78 is 0. The summed E-state index contributed by atoms with van der Waals surface area (Å²) in [5, 5.41) is 5.08. The molecule has 318 valence electrons. The summed E-state index contributed by atoms with van der Waals surface area (Å²) in [6.45, 7) is 0. The lowest BCUT2D eigenvalue weighted by Gasteiger charge is -2.76. The number of nitrogens with zero attached hydrogens (tertiary/aromatic N) is 1. The first-order valence-corrected chi connectivity index (χ1v) is 24.6. The van der Waals surface area contributed by atoms with Crippen LogP contribution in [0.25, 0.3) is 77.2 Å². The largest absolute Gasteiger partial charge is 0.310 e. The zero-order valence-electron chi connectivity index (χ0n) is 37.4. The second kappa shape index (κ2) is 14.0. The molecule has 0 saturated heterocycles. The molecule has 10 aromatic rings. The van der Waals surface area contributed by atoms with Crippen molar-refractivity contribution in [3.8, 4) is 55.6 Å². The number of hydrogen-bond acceptors (Lipinski definition) is 1. The van der Waals surface area contributed by atoms with Crippen LogP contribution < -0.4 is 4.90 Å². The van der Waals surface area contributed by atoms with E-state index in [1.54, 1.807) is 11.1 Å². The topological polar surface area (TPSA) is 3.24 Å². The number of para-hydroxylation sites is 1. The highest BCUT2D eigenvalue weighted by atomic mass is 15.1. The third kappa shape index (κ3) is 5.10. The number of rotatable bonds is 7. The van der Waals surface area contributed by atoms with Crippen molar-refractivity contribution in [3.05, 3.63) is 236 Å². The van der Waals surface area contributed by atoms with Crippen molar-refractivity contribution < 1.29 is 0 Å². The lowest BCUT2D eigenvalue weighted by atomic mass is 9.27. The van der Waals surface area contributed by atoms with Gasteiger partial charge in [0, 0.05) is 22.4 Å². The van der Waals surface area contributed by atoms with Gasteiger partial charge in [-0.05, 0) is 168 Å². The van der Waals surface area contributed by atoms with E-state index in [0.29, 0.717) is 5.41 Å². The van der Waals surface area contributed by atoms with Crippen LogP contribution in [-0.2, 0) is 5.41 Å². The average Bonchev–Trinajstić information content (AvgIpc) is 4.03. The average molecular weight is 856 g/mol. The third-order valence-electron chi connectivity index (χ3n) is 17.7. The van der Waals surface area contributed by atoms with E-state index in [-0.39, 0.29) is 5.41 Å². The Balaban J connectivity index is 0.895. The van der Waals surface area contributed by atoms with Crippen LogP contribution in [0.2, 0.25) is 0 Å². The van der Waals surface area contributed by atoms with E-state index in [1.165, 1.54) is 114 Å². The van der Waals surface area contributed by atoms with Gasteiger partial charge in [-0.3, -0.25) is 0 Å². The van der Waals surface area contributed by atoms with Gasteiger partial charge in [0.25, 0.3) is 0 Å². The number of benzene rings is 10. The standard InChI is InChI=1S/C66H49N/c1-2-13-46(14-3-1)54-23-11-17-48-18-12-24-58(64(48)54)57-21-7-9-26-61(57)67(50-33-31-44(32-34-50)43-27-29-47(30-28-43)53-22-10-16-45-15-4-5-19-52(45)53)51-35-36-56-55-20-6-8-25-59(55)66(60(56)40-51)62-38-42-37-49-39-63(66)65(49,62)41-42/h1-36,40,42,49,62-63H,37-39,41H2. The number of hydrogen-bond donors (Lipinski definition) is 0. The molecule has 10 aromatic carbocycles. The minimum absolute atomic E-state index is 0.112. The first-order valence-electron chi connectivity index (χ1n) is 24.6. The molecule has 0 radical (unpaired) electrons.